The van der Waals surface area contributed by atoms with Crippen LogP contribution in [0.2, 0.25) is 0 Å². The number of carbonyl (C=O) groups excluding carboxylic acids is 2. The summed E-state index contributed by atoms with van der Waals surface area (Å²) >= 11 is 1.67. The van der Waals surface area contributed by atoms with Gasteiger partial charge in [-0.25, -0.2) is 14.6 Å². The van der Waals surface area contributed by atoms with Crippen LogP contribution in [-0.2, 0) is 16.1 Å². The fraction of sp³-hybridized carbons (Fsp3) is 0.536. The van der Waals surface area contributed by atoms with Crippen molar-refractivity contribution in [1.82, 2.24) is 25.1 Å². The first-order valence-corrected chi connectivity index (χ1v) is 14.7. The summed E-state index contributed by atoms with van der Waals surface area (Å²) in [5.41, 5.74) is 3.99. The standard InChI is InChI=1S/C28H37N7O2S/c1-4-14-38-28-31-25(33-11-6-5-7-12-33)23-17-30-35(26(23)32-28)13-10-29-27(37)21-16-24(36)34(18-21)22-9-8-19(2)20(3)15-22/h8-9,15,17,21H,4-7,10-14,16,18H2,1-3H3,(H,29,37). The summed E-state index contributed by atoms with van der Waals surface area (Å²) in [6.45, 7) is 9.58. The van der Waals surface area contributed by atoms with Crippen LogP contribution in [0.4, 0.5) is 11.5 Å². The number of hydrogen-bond donors (Lipinski definition) is 1. The highest BCUT2D eigenvalue weighted by atomic mass is 32.2. The van der Waals surface area contributed by atoms with E-state index in [1.807, 2.05) is 36.0 Å². The zero-order chi connectivity index (χ0) is 26.6. The Labute approximate surface area is 228 Å². The molecule has 0 saturated carbocycles. The van der Waals surface area contributed by atoms with Crippen LogP contribution in [0.15, 0.2) is 29.6 Å². The predicted molar refractivity (Wildman–Crippen MR) is 152 cm³/mol. The first-order valence-electron chi connectivity index (χ1n) is 13.7. The van der Waals surface area contributed by atoms with Gasteiger partial charge in [0.2, 0.25) is 11.8 Å². The van der Waals surface area contributed by atoms with Crippen LogP contribution >= 0.6 is 11.8 Å². The number of hydrogen-bond acceptors (Lipinski definition) is 7. The third kappa shape index (κ3) is 5.65. The normalized spacial score (nSPS) is 18.0. The van der Waals surface area contributed by atoms with E-state index in [1.165, 1.54) is 24.8 Å². The Bertz CT molecular complexity index is 1320. The molecular weight excluding hydrogens is 498 g/mol. The van der Waals surface area contributed by atoms with Gasteiger partial charge in [0, 0.05) is 44.0 Å². The van der Waals surface area contributed by atoms with Crippen LogP contribution < -0.4 is 15.1 Å². The number of anilines is 2. The summed E-state index contributed by atoms with van der Waals surface area (Å²) in [4.78, 5) is 39.5. The molecule has 2 saturated heterocycles. The van der Waals surface area contributed by atoms with Gasteiger partial charge in [-0.3, -0.25) is 9.59 Å². The maximum absolute atomic E-state index is 13.0. The summed E-state index contributed by atoms with van der Waals surface area (Å²) in [7, 11) is 0. The topological polar surface area (TPSA) is 96.2 Å². The highest BCUT2D eigenvalue weighted by Gasteiger charge is 2.35. The van der Waals surface area contributed by atoms with Gasteiger partial charge < -0.3 is 15.1 Å². The fourth-order valence-corrected chi connectivity index (χ4v) is 5.83. The van der Waals surface area contributed by atoms with Crippen molar-refractivity contribution in [2.45, 2.75) is 64.6 Å². The number of piperidine rings is 1. The molecule has 0 aliphatic carbocycles. The van der Waals surface area contributed by atoms with E-state index in [9.17, 15) is 9.59 Å². The number of aryl methyl sites for hydroxylation is 2. The van der Waals surface area contributed by atoms with Crippen molar-refractivity contribution in [1.29, 1.82) is 0 Å². The van der Waals surface area contributed by atoms with Crippen molar-refractivity contribution in [2.24, 2.45) is 5.92 Å². The lowest BCUT2D eigenvalue weighted by molar-refractivity contribution is -0.126. The van der Waals surface area contributed by atoms with Gasteiger partial charge in [0.25, 0.3) is 0 Å². The van der Waals surface area contributed by atoms with Crippen LogP contribution in [0.1, 0.15) is 50.2 Å². The maximum atomic E-state index is 13.0. The first-order chi connectivity index (χ1) is 18.4. The zero-order valence-electron chi connectivity index (χ0n) is 22.6. The van der Waals surface area contributed by atoms with Gasteiger partial charge in [-0.15, -0.1) is 0 Å². The molecule has 1 unspecified atom stereocenters. The number of thioether (sulfide) groups is 1. The summed E-state index contributed by atoms with van der Waals surface area (Å²) < 4.78 is 1.86. The monoisotopic (exact) mass is 535 g/mol. The maximum Gasteiger partial charge on any atom is 0.227 e. The molecule has 38 heavy (non-hydrogen) atoms. The van der Waals surface area contributed by atoms with E-state index in [-0.39, 0.29) is 24.2 Å². The lowest BCUT2D eigenvalue weighted by atomic mass is 10.1. The highest BCUT2D eigenvalue weighted by molar-refractivity contribution is 7.99. The van der Waals surface area contributed by atoms with E-state index >= 15 is 0 Å². The second kappa shape index (κ2) is 11.7. The molecular formula is C28H37N7O2S. The number of nitrogens with one attached hydrogen (secondary N) is 1. The number of aromatic nitrogens is 4. The van der Waals surface area contributed by atoms with E-state index in [4.69, 9.17) is 9.97 Å². The van der Waals surface area contributed by atoms with Gasteiger partial charge in [0.05, 0.1) is 24.0 Å². The minimum atomic E-state index is -0.358. The average molecular weight is 536 g/mol. The number of fused-ring (bicyclic) bond motifs is 1. The van der Waals surface area contributed by atoms with Crippen molar-refractivity contribution in [3.63, 3.8) is 0 Å². The van der Waals surface area contributed by atoms with Crippen molar-refractivity contribution in [3.05, 3.63) is 35.5 Å². The van der Waals surface area contributed by atoms with Crippen molar-refractivity contribution < 1.29 is 9.59 Å². The van der Waals surface area contributed by atoms with Crippen LogP contribution in [0.5, 0.6) is 0 Å². The van der Waals surface area contributed by atoms with Crippen molar-refractivity contribution >= 4 is 46.1 Å². The third-order valence-electron chi connectivity index (χ3n) is 7.47. The smallest absolute Gasteiger partial charge is 0.227 e. The fourth-order valence-electron chi connectivity index (χ4n) is 5.14. The summed E-state index contributed by atoms with van der Waals surface area (Å²) in [5.74, 6) is 1.48. The Morgan fingerprint density at radius 2 is 1.95 bits per heavy atom. The van der Waals surface area contributed by atoms with Gasteiger partial charge in [-0.1, -0.05) is 24.8 Å². The van der Waals surface area contributed by atoms with Crippen LogP contribution in [0.3, 0.4) is 0 Å². The number of amides is 2. The van der Waals surface area contributed by atoms with Crippen molar-refractivity contribution in [2.75, 3.05) is 41.7 Å². The molecule has 2 aliphatic heterocycles. The van der Waals surface area contributed by atoms with Gasteiger partial charge in [0.1, 0.15) is 5.82 Å². The van der Waals surface area contributed by atoms with E-state index in [1.54, 1.807) is 16.7 Å². The molecule has 5 rings (SSSR count). The molecule has 1 aromatic carbocycles. The summed E-state index contributed by atoms with van der Waals surface area (Å²) in [5, 5.41) is 9.38. The largest absolute Gasteiger partial charge is 0.356 e. The molecule has 1 atom stereocenters. The molecule has 3 aromatic rings. The van der Waals surface area contributed by atoms with E-state index in [0.717, 1.165) is 58.5 Å². The molecule has 9 nitrogen and oxygen atoms in total. The second-order valence-corrected chi connectivity index (χ2v) is 11.4. The molecule has 4 heterocycles. The van der Waals surface area contributed by atoms with Crippen molar-refractivity contribution in [3.8, 4) is 0 Å². The van der Waals surface area contributed by atoms with Gasteiger partial charge in [-0.2, -0.15) is 5.10 Å². The number of rotatable bonds is 9. The number of nitrogens with zero attached hydrogens (tertiary/aromatic N) is 6. The molecule has 0 bridgehead atoms. The third-order valence-corrected chi connectivity index (χ3v) is 8.52. The number of benzene rings is 1. The molecule has 10 heteroatoms. The van der Waals surface area contributed by atoms with Crippen LogP contribution in [-0.4, -0.2) is 63.5 Å². The van der Waals surface area contributed by atoms with E-state index < -0.39 is 0 Å². The Balaban J connectivity index is 1.25. The van der Waals surface area contributed by atoms with Gasteiger partial charge in [0.15, 0.2) is 10.8 Å². The Hall–Kier alpha value is -3.14. The molecule has 2 aliphatic rings. The molecule has 202 valence electrons. The highest BCUT2D eigenvalue weighted by Crippen LogP contribution is 2.30. The van der Waals surface area contributed by atoms with Gasteiger partial charge >= 0.3 is 0 Å². The molecule has 0 radical (unpaired) electrons. The Kier molecular flexibility index (Phi) is 8.16. The van der Waals surface area contributed by atoms with Gasteiger partial charge in [-0.05, 0) is 62.8 Å². The molecule has 2 amide bonds. The van der Waals surface area contributed by atoms with Crippen LogP contribution in [0.25, 0.3) is 11.0 Å². The average Bonchev–Trinajstić information content (AvgIpc) is 3.52. The molecule has 2 aromatic heterocycles. The lowest BCUT2D eigenvalue weighted by Gasteiger charge is -2.28. The SMILES string of the molecule is CCCSc1nc(N2CCCCC2)c2cnn(CCNC(=O)C3CC(=O)N(c4ccc(C)c(C)c4)C3)c2n1. The summed E-state index contributed by atoms with van der Waals surface area (Å²) in [6, 6.07) is 5.99. The number of carbonyl (C=O) groups is 2. The Morgan fingerprint density at radius 3 is 2.71 bits per heavy atom. The first kappa shape index (κ1) is 26.5. The molecule has 1 N–H and O–H groups in total. The summed E-state index contributed by atoms with van der Waals surface area (Å²) in [6.07, 6.45) is 6.75. The Morgan fingerprint density at radius 1 is 1.13 bits per heavy atom. The predicted octanol–water partition coefficient (Wildman–Crippen LogP) is 4.10. The van der Waals surface area contributed by atoms with Crippen LogP contribution in [0, 0.1) is 19.8 Å². The second-order valence-electron chi connectivity index (χ2n) is 10.3. The minimum absolute atomic E-state index is 0.00877. The minimum Gasteiger partial charge on any atom is -0.356 e. The quantitative estimate of drug-likeness (QED) is 0.325. The molecule has 2 fully saturated rings. The van der Waals surface area contributed by atoms with E-state index in [2.05, 4.69) is 29.2 Å². The lowest BCUT2D eigenvalue weighted by Crippen LogP contribution is -2.35. The zero-order valence-corrected chi connectivity index (χ0v) is 23.4. The molecule has 0 spiro atoms. The van der Waals surface area contributed by atoms with E-state index in [0.29, 0.717) is 19.6 Å².